The summed E-state index contributed by atoms with van der Waals surface area (Å²) in [6.45, 7) is 10.5. The number of amides is 5. The van der Waals surface area contributed by atoms with E-state index in [0.717, 1.165) is 135 Å². The molecule has 0 radical (unpaired) electrons. The van der Waals surface area contributed by atoms with Crippen LogP contribution >= 0.6 is 0 Å². The Morgan fingerprint density at radius 3 is 2.33 bits per heavy atom. The Morgan fingerprint density at radius 2 is 1.61 bits per heavy atom. The topological polar surface area (TPSA) is 169 Å². The smallest absolute Gasteiger partial charge is 0.238 e. The van der Waals surface area contributed by atoms with Crippen molar-refractivity contribution < 1.29 is 24.0 Å². The maximum atomic E-state index is 15.2. The van der Waals surface area contributed by atoms with Crippen molar-refractivity contribution in [3.63, 3.8) is 0 Å². The third kappa shape index (κ3) is 8.82. The van der Waals surface area contributed by atoms with Gasteiger partial charge < -0.3 is 34.4 Å². The van der Waals surface area contributed by atoms with E-state index in [2.05, 4.69) is 73.0 Å². The second-order valence-corrected chi connectivity index (χ2v) is 22.8. The molecule has 5 amide bonds. The number of carbonyl (C=O) groups is 5. The van der Waals surface area contributed by atoms with Crippen molar-refractivity contribution in [2.45, 2.75) is 152 Å². The van der Waals surface area contributed by atoms with Gasteiger partial charge in [0, 0.05) is 99.6 Å². The van der Waals surface area contributed by atoms with Gasteiger partial charge in [-0.3, -0.25) is 29.3 Å². The Labute approximate surface area is 422 Å². The highest BCUT2D eigenvalue weighted by Gasteiger charge is 2.56. The van der Waals surface area contributed by atoms with E-state index >= 15 is 4.79 Å². The summed E-state index contributed by atoms with van der Waals surface area (Å²) in [5, 5.41) is 6.14. The highest BCUT2D eigenvalue weighted by Crippen LogP contribution is 2.52. The lowest BCUT2D eigenvalue weighted by atomic mass is 9.73. The summed E-state index contributed by atoms with van der Waals surface area (Å²) in [4.78, 5) is 93.3. The molecule has 16 nitrogen and oxygen atoms in total. The second-order valence-electron chi connectivity index (χ2n) is 22.8. The number of hydrogen-bond donors (Lipinski definition) is 2. The minimum absolute atomic E-state index is 0.0638. The lowest BCUT2D eigenvalue weighted by Gasteiger charge is -2.48. The quantitative estimate of drug-likeness (QED) is 0.150. The van der Waals surface area contributed by atoms with Crippen LogP contribution in [-0.4, -0.2) is 134 Å². The number of likely N-dealkylation sites (tertiary alicyclic amines) is 3. The number of imidazole rings is 1. The van der Waals surface area contributed by atoms with E-state index in [4.69, 9.17) is 9.97 Å². The zero-order chi connectivity index (χ0) is 49.3. The second kappa shape index (κ2) is 19.2. The number of carbonyl (C=O) groups excluding carboxylic acids is 5. The van der Waals surface area contributed by atoms with Crippen molar-refractivity contribution in [1.82, 2.24) is 39.5 Å². The Hall–Kier alpha value is -5.90. The predicted molar refractivity (Wildman–Crippen MR) is 275 cm³/mol. The lowest BCUT2D eigenvalue weighted by Crippen LogP contribution is -2.58. The minimum atomic E-state index is -0.675. The molecule has 72 heavy (non-hydrogen) atoms. The van der Waals surface area contributed by atoms with Crippen LogP contribution in [0.15, 0.2) is 48.9 Å². The number of aromatic nitrogens is 4. The molecule has 380 valence electrons. The fraction of sp³-hybridized carbons (Fsp3) is 0.607. The van der Waals surface area contributed by atoms with Gasteiger partial charge in [0.05, 0.1) is 28.9 Å². The number of nitrogens with zero attached hydrogens (tertiary/aromatic N) is 9. The van der Waals surface area contributed by atoms with Crippen LogP contribution in [0.5, 0.6) is 0 Å². The molecule has 8 aliphatic rings. The standard InChI is InChI=1S/C56H71N11O5/c1-35(2)66-34-58-46-31-45(60-52(51(46)66)59-40-10-11-40)38-8-13-44-47(28-38)67(42-29-41(30-42)62-20-4-3-5-21-62)55(72)56(44)18-25-64(26-19-56)50(69)27-36-7-6-22-65(33-36)54(71)37-16-23-63(24-17-37)48-14-9-39(32-57-48)43-12-15-49(68)61-53(43)70/h8-9,13-14,28,31-32,34-37,40-43H,3-7,10-12,15-27,29-30,33H2,1-2H3,(H,59,60)(H,61,68,70)/t36-,41?,42?,43-/m1/s1. The number of piperidine rings is 5. The third-order valence-electron chi connectivity index (χ3n) is 17.9. The summed E-state index contributed by atoms with van der Waals surface area (Å²) >= 11 is 0. The number of fused-ring (bicyclic) bond motifs is 3. The molecule has 4 aromatic rings. The van der Waals surface area contributed by atoms with E-state index in [1.807, 2.05) is 28.3 Å². The molecule has 0 unspecified atom stereocenters. The summed E-state index contributed by atoms with van der Waals surface area (Å²) in [5.41, 5.74) is 6.04. The van der Waals surface area contributed by atoms with Crippen LogP contribution in [0.4, 0.5) is 17.3 Å². The molecule has 2 aliphatic carbocycles. The number of nitrogens with one attached hydrogen (secondary N) is 2. The van der Waals surface area contributed by atoms with Gasteiger partial charge in [-0.05, 0) is 146 Å². The molecule has 6 aliphatic heterocycles. The van der Waals surface area contributed by atoms with E-state index < -0.39 is 5.41 Å². The number of hydrogen-bond acceptors (Lipinski definition) is 11. The van der Waals surface area contributed by atoms with Gasteiger partial charge >= 0.3 is 0 Å². The minimum Gasteiger partial charge on any atom is -0.366 e. The number of benzene rings is 1. The van der Waals surface area contributed by atoms with Gasteiger partial charge in [0.1, 0.15) is 11.3 Å². The van der Waals surface area contributed by atoms with E-state index in [1.165, 1.54) is 19.3 Å². The normalized spacial score (nSPS) is 26.1. The van der Waals surface area contributed by atoms with Gasteiger partial charge in [-0.1, -0.05) is 24.6 Å². The summed E-state index contributed by atoms with van der Waals surface area (Å²) in [5.74, 6) is 1.42. The molecule has 9 heterocycles. The van der Waals surface area contributed by atoms with E-state index in [9.17, 15) is 19.2 Å². The molecule has 12 rings (SSSR count). The Balaban J connectivity index is 0.699. The SMILES string of the molecule is CC(C)n1cnc2cc(-c3ccc4c(c3)N(C3CC(N5CCCCC5)C3)C(=O)C43CCN(C(=O)C[C@H]4CCCN(C(=O)C5CCN(c6ccc([C@H]7CCC(=O)NC7=O)cn6)CC5)C4)CC3)nc(NC3CC3)c21. The molecule has 16 heteroatoms. The van der Waals surface area contributed by atoms with Gasteiger partial charge in [0.25, 0.3) is 0 Å². The molecule has 2 N–H and O–H groups in total. The Kier molecular flexibility index (Phi) is 12.6. The Bertz CT molecular complexity index is 2740. The third-order valence-corrected chi connectivity index (χ3v) is 17.9. The van der Waals surface area contributed by atoms with Crippen molar-refractivity contribution in [2.24, 2.45) is 11.8 Å². The number of imide groups is 1. The largest absolute Gasteiger partial charge is 0.366 e. The van der Waals surface area contributed by atoms with Crippen LogP contribution in [0.2, 0.25) is 0 Å². The number of pyridine rings is 2. The molecule has 1 spiro atoms. The first kappa shape index (κ1) is 47.1. The van der Waals surface area contributed by atoms with Crippen LogP contribution < -0.4 is 20.4 Å². The lowest BCUT2D eigenvalue weighted by molar-refractivity contribution is -0.141. The number of rotatable bonds is 11. The summed E-state index contributed by atoms with van der Waals surface area (Å²) in [6, 6.07) is 13.9. The van der Waals surface area contributed by atoms with Gasteiger partial charge in [0.15, 0.2) is 5.82 Å². The summed E-state index contributed by atoms with van der Waals surface area (Å²) in [6.07, 6.45) is 17.5. The number of anilines is 3. The van der Waals surface area contributed by atoms with Gasteiger partial charge in [-0.15, -0.1) is 0 Å². The van der Waals surface area contributed by atoms with Crippen LogP contribution in [0.25, 0.3) is 22.3 Å². The Morgan fingerprint density at radius 1 is 0.819 bits per heavy atom. The molecular weight excluding hydrogens is 907 g/mol. The zero-order valence-electron chi connectivity index (χ0n) is 42.2. The van der Waals surface area contributed by atoms with Crippen molar-refractivity contribution in [3.8, 4) is 11.3 Å². The molecule has 1 aromatic carbocycles. The predicted octanol–water partition coefficient (Wildman–Crippen LogP) is 6.94. The maximum Gasteiger partial charge on any atom is 0.238 e. The van der Waals surface area contributed by atoms with Crippen LogP contribution in [0, 0.1) is 11.8 Å². The summed E-state index contributed by atoms with van der Waals surface area (Å²) in [7, 11) is 0. The first-order valence-electron chi connectivity index (χ1n) is 27.5. The van der Waals surface area contributed by atoms with Crippen molar-refractivity contribution in [3.05, 3.63) is 60.0 Å². The monoisotopic (exact) mass is 978 g/mol. The highest BCUT2D eigenvalue weighted by atomic mass is 16.2. The molecule has 0 bridgehead atoms. The fourth-order valence-electron chi connectivity index (χ4n) is 13.4. The van der Waals surface area contributed by atoms with Crippen molar-refractivity contribution in [1.29, 1.82) is 0 Å². The average molecular weight is 978 g/mol. The average Bonchev–Trinajstić information content (AvgIpc) is 4.05. The first-order valence-corrected chi connectivity index (χ1v) is 27.5. The summed E-state index contributed by atoms with van der Waals surface area (Å²) < 4.78 is 2.20. The van der Waals surface area contributed by atoms with Crippen molar-refractivity contribution in [2.75, 3.05) is 67.5 Å². The van der Waals surface area contributed by atoms with Crippen LogP contribution in [0.3, 0.4) is 0 Å². The van der Waals surface area contributed by atoms with E-state index in [0.29, 0.717) is 63.8 Å². The maximum absolute atomic E-state index is 15.2. The molecule has 7 fully saturated rings. The molecule has 2 atom stereocenters. The van der Waals surface area contributed by atoms with Crippen LogP contribution in [-0.2, 0) is 29.4 Å². The van der Waals surface area contributed by atoms with Gasteiger partial charge in [-0.2, -0.15) is 0 Å². The molecule has 3 aromatic heterocycles. The molecule has 2 saturated carbocycles. The highest BCUT2D eigenvalue weighted by molar-refractivity contribution is 6.09. The fourth-order valence-corrected chi connectivity index (χ4v) is 13.4. The van der Waals surface area contributed by atoms with Crippen LogP contribution in [0.1, 0.15) is 140 Å². The zero-order valence-corrected chi connectivity index (χ0v) is 42.2. The van der Waals surface area contributed by atoms with Gasteiger partial charge in [-0.25, -0.2) is 15.0 Å². The van der Waals surface area contributed by atoms with Crippen molar-refractivity contribution >= 4 is 57.9 Å². The van der Waals surface area contributed by atoms with Gasteiger partial charge in [0.2, 0.25) is 29.5 Å². The molecular formula is C56H71N11O5. The molecule has 5 saturated heterocycles. The first-order chi connectivity index (χ1) is 35.0. The van der Waals surface area contributed by atoms with E-state index in [1.54, 1.807) is 6.20 Å². The van der Waals surface area contributed by atoms with E-state index in [-0.39, 0.29) is 59.4 Å².